The molecule has 0 spiro atoms. The van der Waals surface area contributed by atoms with E-state index >= 15 is 0 Å². The summed E-state index contributed by atoms with van der Waals surface area (Å²) in [6.45, 7) is 2.75. The van der Waals surface area contributed by atoms with E-state index in [4.69, 9.17) is 0 Å². The molecule has 2 aromatic heterocycles. The molecule has 0 radical (unpaired) electrons. The van der Waals surface area contributed by atoms with Gasteiger partial charge >= 0.3 is 6.18 Å². The summed E-state index contributed by atoms with van der Waals surface area (Å²) in [4.78, 5) is 15.4. The first-order chi connectivity index (χ1) is 14.0. The second kappa shape index (κ2) is 8.29. The van der Waals surface area contributed by atoms with E-state index in [0.717, 1.165) is 50.3 Å². The van der Waals surface area contributed by atoms with Crippen LogP contribution in [0.2, 0.25) is 0 Å². The number of likely N-dealkylation sites (tertiary alicyclic amines) is 1. The van der Waals surface area contributed by atoms with Crippen LogP contribution in [0.4, 0.5) is 13.2 Å². The van der Waals surface area contributed by atoms with Gasteiger partial charge in [-0.15, -0.1) is 0 Å². The van der Waals surface area contributed by atoms with Gasteiger partial charge in [0.2, 0.25) is 0 Å². The highest BCUT2D eigenvalue weighted by Gasteiger charge is 2.30. The molecule has 0 aliphatic carbocycles. The second-order valence-corrected chi connectivity index (χ2v) is 7.32. The SMILES string of the molecule is FC(F)(F)c1cccc(-c2cncc(C3CCN(Cc4cccnc4)CC3)n2)c1. The summed E-state index contributed by atoms with van der Waals surface area (Å²) < 4.78 is 39.0. The molecular formula is C22H21F3N4. The molecule has 1 aromatic carbocycles. The van der Waals surface area contributed by atoms with Gasteiger partial charge in [0, 0.05) is 36.6 Å². The Morgan fingerprint density at radius 3 is 2.52 bits per heavy atom. The van der Waals surface area contributed by atoms with E-state index < -0.39 is 11.7 Å². The lowest BCUT2D eigenvalue weighted by Gasteiger charge is -2.31. The highest BCUT2D eigenvalue weighted by molar-refractivity contribution is 5.59. The van der Waals surface area contributed by atoms with Gasteiger partial charge in [-0.1, -0.05) is 18.2 Å². The van der Waals surface area contributed by atoms with Crippen molar-refractivity contribution in [1.29, 1.82) is 0 Å². The van der Waals surface area contributed by atoms with Crippen LogP contribution in [0.5, 0.6) is 0 Å². The Morgan fingerprint density at radius 1 is 0.966 bits per heavy atom. The number of rotatable bonds is 4. The average molecular weight is 398 g/mol. The van der Waals surface area contributed by atoms with Crippen molar-refractivity contribution in [3.05, 3.63) is 78.0 Å². The van der Waals surface area contributed by atoms with Crippen molar-refractivity contribution < 1.29 is 13.2 Å². The lowest BCUT2D eigenvalue weighted by atomic mass is 9.93. The van der Waals surface area contributed by atoms with Crippen LogP contribution in [0, 0.1) is 0 Å². The summed E-state index contributed by atoms with van der Waals surface area (Å²) in [5.41, 5.74) is 2.28. The molecule has 0 saturated carbocycles. The van der Waals surface area contributed by atoms with E-state index in [1.807, 2.05) is 12.3 Å². The van der Waals surface area contributed by atoms with Gasteiger partial charge in [0.1, 0.15) is 0 Å². The average Bonchev–Trinajstić information content (AvgIpc) is 2.75. The lowest BCUT2D eigenvalue weighted by molar-refractivity contribution is -0.137. The predicted molar refractivity (Wildman–Crippen MR) is 104 cm³/mol. The minimum Gasteiger partial charge on any atom is -0.299 e. The fourth-order valence-corrected chi connectivity index (χ4v) is 3.71. The summed E-state index contributed by atoms with van der Waals surface area (Å²) in [5, 5.41) is 0. The number of alkyl halides is 3. The summed E-state index contributed by atoms with van der Waals surface area (Å²) in [6, 6.07) is 9.26. The van der Waals surface area contributed by atoms with E-state index in [0.29, 0.717) is 11.3 Å². The van der Waals surface area contributed by atoms with Gasteiger partial charge in [0.05, 0.1) is 23.1 Å². The summed E-state index contributed by atoms with van der Waals surface area (Å²) in [5.74, 6) is 0.262. The van der Waals surface area contributed by atoms with E-state index in [1.165, 1.54) is 17.8 Å². The first kappa shape index (κ1) is 19.5. The zero-order chi connectivity index (χ0) is 20.3. The van der Waals surface area contributed by atoms with Crippen molar-refractivity contribution in [3.63, 3.8) is 0 Å². The zero-order valence-corrected chi connectivity index (χ0v) is 15.8. The standard InChI is InChI=1S/C22H21F3N4/c23-22(24,25)19-5-1-4-18(11-19)21-14-27-13-20(28-21)17-6-9-29(10-7-17)15-16-3-2-8-26-12-16/h1-5,8,11-14,17H,6-7,9-10,15H2. The molecular weight excluding hydrogens is 377 g/mol. The second-order valence-electron chi connectivity index (χ2n) is 7.32. The van der Waals surface area contributed by atoms with E-state index in [9.17, 15) is 13.2 Å². The smallest absolute Gasteiger partial charge is 0.299 e. The van der Waals surface area contributed by atoms with E-state index in [1.54, 1.807) is 18.5 Å². The summed E-state index contributed by atoms with van der Waals surface area (Å²) in [7, 11) is 0. The monoisotopic (exact) mass is 398 g/mol. The molecule has 0 amide bonds. The summed E-state index contributed by atoms with van der Waals surface area (Å²) >= 11 is 0. The third-order valence-electron chi connectivity index (χ3n) is 5.27. The fourth-order valence-electron chi connectivity index (χ4n) is 3.71. The first-order valence-corrected chi connectivity index (χ1v) is 9.60. The number of halogens is 3. The van der Waals surface area contributed by atoms with Gasteiger partial charge in [0.15, 0.2) is 0 Å². The van der Waals surface area contributed by atoms with Crippen LogP contribution in [0.25, 0.3) is 11.3 Å². The largest absolute Gasteiger partial charge is 0.416 e. The topological polar surface area (TPSA) is 41.9 Å². The molecule has 150 valence electrons. The lowest BCUT2D eigenvalue weighted by Crippen LogP contribution is -2.32. The Kier molecular flexibility index (Phi) is 5.58. The van der Waals surface area contributed by atoms with Crippen LogP contribution >= 0.6 is 0 Å². The van der Waals surface area contributed by atoms with Crippen molar-refractivity contribution in [2.45, 2.75) is 31.5 Å². The highest BCUT2D eigenvalue weighted by Crippen LogP contribution is 2.32. The molecule has 3 heterocycles. The molecule has 4 nitrogen and oxygen atoms in total. The van der Waals surface area contributed by atoms with Crippen LogP contribution < -0.4 is 0 Å². The Bertz CT molecular complexity index is 952. The minimum absolute atomic E-state index is 0.262. The molecule has 1 aliphatic rings. The molecule has 0 N–H and O–H groups in total. The zero-order valence-electron chi connectivity index (χ0n) is 15.8. The van der Waals surface area contributed by atoms with Crippen LogP contribution in [0.1, 0.15) is 35.6 Å². The molecule has 4 rings (SSSR count). The van der Waals surface area contributed by atoms with Crippen molar-refractivity contribution in [3.8, 4) is 11.3 Å². The molecule has 29 heavy (non-hydrogen) atoms. The van der Waals surface area contributed by atoms with Crippen LogP contribution in [0.3, 0.4) is 0 Å². The van der Waals surface area contributed by atoms with Gasteiger partial charge in [-0.3, -0.25) is 14.9 Å². The number of hydrogen-bond acceptors (Lipinski definition) is 4. The number of hydrogen-bond donors (Lipinski definition) is 0. The van der Waals surface area contributed by atoms with Gasteiger partial charge < -0.3 is 0 Å². The van der Waals surface area contributed by atoms with Crippen molar-refractivity contribution in [2.75, 3.05) is 13.1 Å². The molecule has 1 fully saturated rings. The molecule has 7 heteroatoms. The minimum atomic E-state index is -4.37. The normalized spacial score (nSPS) is 16.1. The predicted octanol–water partition coefficient (Wildman–Crippen LogP) is 4.94. The Balaban J connectivity index is 1.45. The molecule has 0 atom stereocenters. The first-order valence-electron chi connectivity index (χ1n) is 9.60. The number of benzene rings is 1. The van der Waals surface area contributed by atoms with E-state index in [-0.39, 0.29) is 5.92 Å². The highest BCUT2D eigenvalue weighted by atomic mass is 19.4. The molecule has 1 saturated heterocycles. The van der Waals surface area contributed by atoms with Crippen LogP contribution in [0.15, 0.2) is 61.2 Å². The fraction of sp³-hybridized carbons (Fsp3) is 0.318. The molecule has 3 aromatic rings. The maximum Gasteiger partial charge on any atom is 0.416 e. The van der Waals surface area contributed by atoms with E-state index in [2.05, 4.69) is 25.9 Å². The van der Waals surface area contributed by atoms with Crippen molar-refractivity contribution in [1.82, 2.24) is 19.9 Å². The third kappa shape index (κ3) is 4.79. The molecule has 0 unspecified atom stereocenters. The van der Waals surface area contributed by atoms with Crippen molar-refractivity contribution in [2.24, 2.45) is 0 Å². The maximum absolute atomic E-state index is 13.0. The summed E-state index contributed by atoms with van der Waals surface area (Å²) in [6.07, 6.45) is 4.43. The number of piperidine rings is 1. The number of aromatic nitrogens is 3. The molecule has 0 bridgehead atoms. The van der Waals surface area contributed by atoms with Gasteiger partial charge in [0.25, 0.3) is 0 Å². The Labute approximate surface area is 167 Å². The maximum atomic E-state index is 13.0. The Hall–Kier alpha value is -2.80. The van der Waals surface area contributed by atoms with Crippen LogP contribution in [-0.2, 0) is 12.7 Å². The molecule has 1 aliphatic heterocycles. The van der Waals surface area contributed by atoms with Gasteiger partial charge in [-0.2, -0.15) is 13.2 Å². The number of pyridine rings is 1. The third-order valence-corrected chi connectivity index (χ3v) is 5.27. The number of nitrogens with zero attached hydrogens (tertiary/aromatic N) is 4. The van der Waals surface area contributed by atoms with Crippen LogP contribution in [-0.4, -0.2) is 32.9 Å². The van der Waals surface area contributed by atoms with Gasteiger partial charge in [-0.25, -0.2) is 4.98 Å². The Morgan fingerprint density at radius 2 is 1.79 bits per heavy atom. The van der Waals surface area contributed by atoms with Gasteiger partial charge in [-0.05, 0) is 49.7 Å². The van der Waals surface area contributed by atoms with Crippen molar-refractivity contribution >= 4 is 0 Å². The quantitative estimate of drug-likeness (QED) is 0.625.